The van der Waals surface area contributed by atoms with Gasteiger partial charge in [0.05, 0.1) is 16.3 Å². The van der Waals surface area contributed by atoms with Crippen LogP contribution in [-0.4, -0.2) is 9.55 Å². The van der Waals surface area contributed by atoms with Crippen LogP contribution >= 0.6 is 11.8 Å². The van der Waals surface area contributed by atoms with E-state index in [1.807, 2.05) is 74.5 Å². The van der Waals surface area contributed by atoms with Crippen LogP contribution in [0.3, 0.4) is 0 Å². The zero-order chi connectivity index (χ0) is 17.1. The Morgan fingerprint density at radius 3 is 2.08 bits per heavy atom. The molecule has 0 amide bonds. The van der Waals surface area contributed by atoms with E-state index in [0.717, 1.165) is 10.6 Å². The largest absolute Gasteiger partial charge is 0.333 e. The zero-order valence-electron chi connectivity index (χ0n) is 13.5. The molecule has 0 aliphatic carbocycles. The highest BCUT2D eigenvalue weighted by molar-refractivity contribution is 7.99. The van der Waals surface area contributed by atoms with Crippen LogP contribution < -0.4 is 11.2 Å². The predicted octanol–water partition coefficient (Wildman–Crippen LogP) is 3.80. The molecular weight excluding hydrogens is 320 g/mol. The number of hydrogen-bond donors (Lipinski definition) is 1. The lowest BCUT2D eigenvalue weighted by molar-refractivity contribution is 0.717. The highest BCUT2D eigenvalue weighted by Gasteiger charge is 2.19. The molecule has 2 aromatic carbocycles. The Morgan fingerprint density at radius 2 is 1.50 bits per heavy atom. The maximum Gasteiger partial charge on any atom is 0.333 e. The third kappa shape index (κ3) is 3.21. The van der Waals surface area contributed by atoms with Crippen LogP contribution in [-0.2, 0) is 0 Å². The summed E-state index contributed by atoms with van der Waals surface area (Å²) in [5, 5.41) is 0.663. The molecule has 1 aromatic heterocycles. The van der Waals surface area contributed by atoms with Gasteiger partial charge in [-0.1, -0.05) is 62.0 Å². The van der Waals surface area contributed by atoms with E-state index < -0.39 is 5.69 Å². The minimum absolute atomic E-state index is 0.00414. The van der Waals surface area contributed by atoms with Gasteiger partial charge in [0, 0.05) is 4.90 Å². The normalized spacial score (nSPS) is 11.0. The summed E-state index contributed by atoms with van der Waals surface area (Å²) in [6, 6.07) is 19.1. The van der Waals surface area contributed by atoms with Gasteiger partial charge in [-0.2, -0.15) is 0 Å². The average molecular weight is 338 g/mol. The van der Waals surface area contributed by atoms with Crippen molar-refractivity contribution in [3.8, 4) is 5.69 Å². The molecule has 0 aliphatic heterocycles. The van der Waals surface area contributed by atoms with Gasteiger partial charge in [0.1, 0.15) is 0 Å². The van der Waals surface area contributed by atoms with Crippen molar-refractivity contribution in [2.45, 2.75) is 29.7 Å². The van der Waals surface area contributed by atoms with E-state index in [1.165, 1.54) is 11.8 Å². The summed E-state index contributed by atoms with van der Waals surface area (Å²) >= 11 is 1.44. The highest BCUT2D eigenvalue weighted by Crippen LogP contribution is 2.32. The van der Waals surface area contributed by atoms with Crippen molar-refractivity contribution in [3.63, 3.8) is 0 Å². The molecule has 5 heteroatoms. The second kappa shape index (κ2) is 6.93. The van der Waals surface area contributed by atoms with Gasteiger partial charge in [0.15, 0.2) is 0 Å². The first-order valence-electron chi connectivity index (χ1n) is 7.75. The minimum Gasteiger partial charge on any atom is -0.273 e. The van der Waals surface area contributed by atoms with Gasteiger partial charge in [0.2, 0.25) is 0 Å². The molecule has 122 valence electrons. The molecule has 0 bridgehead atoms. The van der Waals surface area contributed by atoms with E-state index >= 15 is 0 Å². The van der Waals surface area contributed by atoms with Crippen LogP contribution in [0.15, 0.2) is 80.2 Å². The fourth-order valence-corrected chi connectivity index (χ4v) is 3.79. The molecule has 1 heterocycles. The first-order chi connectivity index (χ1) is 11.6. The van der Waals surface area contributed by atoms with Crippen molar-refractivity contribution in [1.29, 1.82) is 0 Å². The number of H-pyrrole nitrogens is 1. The smallest absolute Gasteiger partial charge is 0.273 e. The van der Waals surface area contributed by atoms with Crippen LogP contribution in [0, 0.1) is 0 Å². The van der Waals surface area contributed by atoms with Crippen molar-refractivity contribution in [3.05, 3.63) is 87.1 Å². The minimum atomic E-state index is -0.422. The fourth-order valence-electron chi connectivity index (χ4n) is 2.55. The van der Waals surface area contributed by atoms with Gasteiger partial charge in [-0.15, -0.1) is 0 Å². The quantitative estimate of drug-likeness (QED) is 0.736. The SMILES string of the molecule is CC(C)c1c(Sc2ccccc2)n(-c2ccccc2)c(=O)[nH]c1=O. The first kappa shape index (κ1) is 16.3. The molecule has 0 saturated carbocycles. The number of benzene rings is 2. The van der Waals surface area contributed by atoms with E-state index in [0.29, 0.717) is 10.6 Å². The molecule has 0 aliphatic rings. The van der Waals surface area contributed by atoms with Crippen molar-refractivity contribution in [1.82, 2.24) is 9.55 Å². The molecule has 24 heavy (non-hydrogen) atoms. The second-order valence-corrected chi connectivity index (χ2v) is 6.78. The maximum atomic E-state index is 12.5. The van der Waals surface area contributed by atoms with Crippen molar-refractivity contribution in [2.24, 2.45) is 0 Å². The summed E-state index contributed by atoms with van der Waals surface area (Å²) < 4.78 is 1.58. The maximum absolute atomic E-state index is 12.5. The molecule has 0 radical (unpaired) electrons. The van der Waals surface area contributed by atoms with Gasteiger partial charge in [-0.05, 0) is 30.2 Å². The monoisotopic (exact) mass is 338 g/mol. The summed E-state index contributed by atoms with van der Waals surface area (Å²) in [5.41, 5.74) is 0.612. The van der Waals surface area contributed by atoms with E-state index in [-0.39, 0.29) is 11.5 Å². The average Bonchev–Trinajstić information content (AvgIpc) is 2.56. The van der Waals surface area contributed by atoms with Gasteiger partial charge in [0.25, 0.3) is 5.56 Å². The van der Waals surface area contributed by atoms with E-state index in [2.05, 4.69) is 4.98 Å². The molecule has 3 rings (SSSR count). The third-order valence-corrected chi connectivity index (χ3v) is 4.75. The number of nitrogens with one attached hydrogen (secondary N) is 1. The lowest BCUT2D eigenvalue weighted by Crippen LogP contribution is -2.33. The Morgan fingerprint density at radius 1 is 0.917 bits per heavy atom. The molecule has 0 fully saturated rings. The highest BCUT2D eigenvalue weighted by atomic mass is 32.2. The lowest BCUT2D eigenvalue weighted by Gasteiger charge is -2.17. The molecule has 0 unspecified atom stereocenters. The van der Waals surface area contributed by atoms with Gasteiger partial charge >= 0.3 is 5.69 Å². The van der Waals surface area contributed by atoms with Crippen LogP contribution in [0.1, 0.15) is 25.3 Å². The molecule has 0 atom stereocenters. The predicted molar refractivity (Wildman–Crippen MR) is 97.3 cm³/mol. The standard InChI is InChI=1S/C19H18N2O2S/c1-13(2)16-17(22)20-19(23)21(14-9-5-3-6-10-14)18(16)24-15-11-7-4-8-12-15/h3-13H,1-2H3,(H,20,22,23). The summed E-state index contributed by atoms with van der Waals surface area (Å²) in [6.07, 6.45) is 0. The number of para-hydroxylation sites is 1. The van der Waals surface area contributed by atoms with Crippen molar-refractivity contribution >= 4 is 11.8 Å². The summed E-state index contributed by atoms with van der Waals surface area (Å²) in [7, 11) is 0. The zero-order valence-corrected chi connectivity index (χ0v) is 14.3. The van der Waals surface area contributed by atoms with Crippen molar-refractivity contribution < 1.29 is 0 Å². The Labute approximate surface area is 144 Å². The third-order valence-electron chi connectivity index (χ3n) is 3.65. The first-order valence-corrected chi connectivity index (χ1v) is 8.57. The van der Waals surface area contributed by atoms with E-state index in [1.54, 1.807) is 4.57 Å². The Bertz CT molecular complexity index is 945. The Hall–Kier alpha value is -2.53. The number of aromatic amines is 1. The van der Waals surface area contributed by atoms with Crippen LogP contribution in [0.25, 0.3) is 5.69 Å². The van der Waals surface area contributed by atoms with Gasteiger partial charge < -0.3 is 0 Å². The molecule has 0 spiro atoms. The van der Waals surface area contributed by atoms with Crippen LogP contribution in [0.4, 0.5) is 0 Å². The Kier molecular flexibility index (Phi) is 4.71. The molecule has 3 aromatic rings. The van der Waals surface area contributed by atoms with Gasteiger partial charge in [-0.25, -0.2) is 4.79 Å². The number of nitrogens with zero attached hydrogens (tertiary/aromatic N) is 1. The number of aromatic nitrogens is 2. The molecule has 4 nitrogen and oxygen atoms in total. The fraction of sp³-hybridized carbons (Fsp3) is 0.158. The Balaban J connectivity index is 2.30. The van der Waals surface area contributed by atoms with Gasteiger partial charge in [-0.3, -0.25) is 14.3 Å². The van der Waals surface area contributed by atoms with Crippen LogP contribution in [0.5, 0.6) is 0 Å². The van der Waals surface area contributed by atoms with Crippen molar-refractivity contribution in [2.75, 3.05) is 0 Å². The summed E-state index contributed by atoms with van der Waals surface area (Å²) in [4.78, 5) is 28.3. The van der Waals surface area contributed by atoms with Crippen LogP contribution in [0.2, 0.25) is 0 Å². The van der Waals surface area contributed by atoms with E-state index in [9.17, 15) is 9.59 Å². The molecular formula is C19H18N2O2S. The number of hydrogen-bond acceptors (Lipinski definition) is 3. The van der Waals surface area contributed by atoms with E-state index in [4.69, 9.17) is 0 Å². The second-order valence-electron chi connectivity index (χ2n) is 5.72. The summed E-state index contributed by atoms with van der Waals surface area (Å²) in [6.45, 7) is 3.92. The molecule has 1 N–H and O–H groups in total. The summed E-state index contributed by atoms with van der Waals surface area (Å²) in [5.74, 6) is -0.00414. The lowest BCUT2D eigenvalue weighted by atomic mass is 10.1. The topological polar surface area (TPSA) is 54.9 Å². The molecule has 0 saturated heterocycles. The number of rotatable bonds is 4.